The highest BCUT2D eigenvalue weighted by atomic mass is 19.1. The molecule has 1 aliphatic rings. The third-order valence-electron chi connectivity index (χ3n) is 6.52. The molecule has 34 heavy (non-hydrogen) atoms. The van der Waals surface area contributed by atoms with Crippen molar-refractivity contribution < 1.29 is 14.0 Å². The summed E-state index contributed by atoms with van der Waals surface area (Å²) in [5.74, 6) is -0.681. The van der Waals surface area contributed by atoms with Crippen molar-refractivity contribution in [2.75, 3.05) is 0 Å². The Morgan fingerprint density at radius 2 is 1.56 bits per heavy atom. The van der Waals surface area contributed by atoms with Crippen molar-refractivity contribution in [3.05, 3.63) is 88.9 Å². The lowest BCUT2D eigenvalue weighted by Gasteiger charge is -2.19. The van der Waals surface area contributed by atoms with Gasteiger partial charge in [-0.15, -0.1) is 5.10 Å². The molecule has 0 spiro atoms. The first-order valence-electron chi connectivity index (χ1n) is 10.8. The summed E-state index contributed by atoms with van der Waals surface area (Å²) < 4.78 is 17.0. The standard InChI is InChI=1S/C25H19FN6O2/c1-13-14(2)31(17-10-8-16(26)9-11-17)22-20(13)23-28-21(29-30(23)12-27-22)15(3)32-24(33)18-6-4-5-7-19(18)25(32)34/h4-12,15H,1-3H3/t15-/m1/s1. The monoisotopic (exact) mass is 454 g/mol. The van der Waals surface area contributed by atoms with E-state index < -0.39 is 6.04 Å². The molecule has 168 valence electrons. The third kappa shape index (κ3) is 2.67. The third-order valence-corrected chi connectivity index (χ3v) is 6.52. The highest BCUT2D eigenvalue weighted by Crippen LogP contribution is 2.33. The summed E-state index contributed by atoms with van der Waals surface area (Å²) in [6, 6.07) is 12.3. The number of hydrogen-bond acceptors (Lipinski definition) is 5. The number of aryl methyl sites for hydroxylation is 1. The number of imide groups is 1. The number of aromatic nitrogens is 5. The van der Waals surface area contributed by atoms with Gasteiger partial charge in [0.25, 0.3) is 11.8 Å². The number of rotatable bonds is 3. The molecule has 2 aromatic carbocycles. The van der Waals surface area contributed by atoms with Crippen molar-refractivity contribution in [2.24, 2.45) is 0 Å². The van der Waals surface area contributed by atoms with Crippen LogP contribution in [0.5, 0.6) is 0 Å². The van der Waals surface area contributed by atoms with E-state index >= 15 is 0 Å². The van der Waals surface area contributed by atoms with E-state index in [-0.39, 0.29) is 17.6 Å². The summed E-state index contributed by atoms with van der Waals surface area (Å²) in [4.78, 5) is 36.4. The van der Waals surface area contributed by atoms with Crippen LogP contribution in [0.25, 0.3) is 22.4 Å². The first-order chi connectivity index (χ1) is 16.4. The maximum absolute atomic E-state index is 13.5. The molecule has 8 nitrogen and oxygen atoms in total. The minimum atomic E-state index is -0.664. The van der Waals surface area contributed by atoms with Crippen LogP contribution in [0.3, 0.4) is 0 Å². The Hall–Kier alpha value is -4.40. The van der Waals surface area contributed by atoms with Gasteiger partial charge in [0.05, 0.1) is 22.6 Å². The minimum absolute atomic E-state index is 0.311. The van der Waals surface area contributed by atoms with Crippen molar-refractivity contribution in [1.29, 1.82) is 0 Å². The zero-order valence-electron chi connectivity index (χ0n) is 18.7. The molecule has 0 saturated carbocycles. The van der Waals surface area contributed by atoms with Crippen molar-refractivity contribution in [1.82, 2.24) is 29.0 Å². The molecule has 0 aliphatic carbocycles. The average molecular weight is 454 g/mol. The van der Waals surface area contributed by atoms with E-state index in [1.165, 1.54) is 17.0 Å². The molecule has 2 amide bonds. The minimum Gasteiger partial charge on any atom is -0.298 e. The number of halogens is 1. The molecule has 6 rings (SSSR count). The molecule has 9 heteroatoms. The lowest BCUT2D eigenvalue weighted by Crippen LogP contribution is -2.33. The predicted octanol–water partition coefficient (Wildman–Crippen LogP) is 4.18. The van der Waals surface area contributed by atoms with Gasteiger partial charge in [-0.2, -0.15) is 0 Å². The largest absolute Gasteiger partial charge is 0.298 e. The molecule has 0 unspecified atom stereocenters. The number of amides is 2. The number of benzene rings is 2. The molecule has 0 saturated heterocycles. The van der Waals surface area contributed by atoms with Gasteiger partial charge in [-0.25, -0.2) is 18.9 Å². The summed E-state index contributed by atoms with van der Waals surface area (Å²) >= 11 is 0. The summed E-state index contributed by atoms with van der Waals surface area (Å²) in [5.41, 5.74) is 4.70. The highest BCUT2D eigenvalue weighted by molar-refractivity contribution is 6.21. The number of fused-ring (bicyclic) bond motifs is 4. The smallest absolute Gasteiger partial charge is 0.262 e. The van der Waals surface area contributed by atoms with Crippen LogP contribution in [-0.2, 0) is 0 Å². The van der Waals surface area contributed by atoms with Crippen LogP contribution in [-0.4, -0.2) is 40.9 Å². The Balaban J connectivity index is 1.48. The summed E-state index contributed by atoms with van der Waals surface area (Å²) in [7, 11) is 0. The second-order valence-corrected chi connectivity index (χ2v) is 8.41. The van der Waals surface area contributed by atoms with E-state index in [9.17, 15) is 14.0 Å². The van der Waals surface area contributed by atoms with Crippen LogP contribution in [0.2, 0.25) is 0 Å². The average Bonchev–Trinajstić information content (AvgIpc) is 3.46. The van der Waals surface area contributed by atoms with E-state index in [0.717, 1.165) is 22.3 Å². The molecule has 3 aromatic heterocycles. The lowest BCUT2D eigenvalue weighted by molar-refractivity contribution is 0.0589. The Morgan fingerprint density at radius 3 is 2.21 bits per heavy atom. The normalized spacial score (nSPS) is 14.4. The summed E-state index contributed by atoms with van der Waals surface area (Å²) in [5, 5.41) is 5.34. The first-order valence-corrected chi connectivity index (χ1v) is 10.8. The van der Waals surface area contributed by atoms with E-state index in [0.29, 0.717) is 28.2 Å². The molecular weight excluding hydrogens is 435 g/mol. The van der Waals surface area contributed by atoms with Gasteiger partial charge >= 0.3 is 0 Å². The van der Waals surface area contributed by atoms with Crippen molar-refractivity contribution in [3.63, 3.8) is 0 Å². The fourth-order valence-corrected chi connectivity index (χ4v) is 4.64. The Morgan fingerprint density at radius 1 is 0.912 bits per heavy atom. The molecule has 5 aromatic rings. The van der Waals surface area contributed by atoms with Crippen LogP contribution in [0.4, 0.5) is 4.39 Å². The molecular formula is C25H19FN6O2. The van der Waals surface area contributed by atoms with Crippen molar-refractivity contribution in [3.8, 4) is 5.69 Å². The summed E-state index contributed by atoms with van der Waals surface area (Å²) in [6.45, 7) is 5.68. The van der Waals surface area contributed by atoms with Crippen LogP contribution < -0.4 is 0 Å². The molecule has 0 bridgehead atoms. The second-order valence-electron chi connectivity index (χ2n) is 8.41. The van der Waals surface area contributed by atoms with Crippen LogP contribution >= 0.6 is 0 Å². The summed E-state index contributed by atoms with van der Waals surface area (Å²) in [6.07, 6.45) is 1.56. The zero-order chi connectivity index (χ0) is 23.7. The highest BCUT2D eigenvalue weighted by Gasteiger charge is 2.40. The van der Waals surface area contributed by atoms with Crippen molar-refractivity contribution >= 4 is 28.5 Å². The van der Waals surface area contributed by atoms with E-state index in [1.54, 1.807) is 54.2 Å². The van der Waals surface area contributed by atoms with E-state index in [1.807, 2.05) is 18.4 Å². The second kappa shape index (κ2) is 7.05. The molecule has 4 heterocycles. The molecule has 1 aliphatic heterocycles. The fourth-order valence-electron chi connectivity index (χ4n) is 4.64. The molecule has 1 atom stereocenters. The van der Waals surface area contributed by atoms with Crippen LogP contribution in [0.1, 0.15) is 50.8 Å². The van der Waals surface area contributed by atoms with Gasteiger partial charge < -0.3 is 0 Å². The maximum Gasteiger partial charge on any atom is 0.262 e. The molecule has 0 fully saturated rings. The lowest BCUT2D eigenvalue weighted by atomic mass is 10.1. The van der Waals surface area contributed by atoms with Crippen LogP contribution in [0.15, 0.2) is 54.9 Å². The topological polar surface area (TPSA) is 85.4 Å². The van der Waals surface area contributed by atoms with E-state index in [4.69, 9.17) is 4.98 Å². The van der Waals surface area contributed by atoms with Crippen LogP contribution in [0, 0.1) is 19.7 Å². The van der Waals surface area contributed by atoms with Gasteiger partial charge in [0.1, 0.15) is 12.1 Å². The fraction of sp³-hybridized carbons (Fsp3) is 0.160. The van der Waals surface area contributed by atoms with E-state index in [2.05, 4.69) is 10.1 Å². The van der Waals surface area contributed by atoms with Gasteiger partial charge in [-0.1, -0.05) is 12.1 Å². The Kier molecular flexibility index (Phi) is 4.19. The number of nitrogens with zero attached hydrogens (tertiary/aromatic N) is 6. The van der Waals surface area contributed by atoms with Gasteiger partial charge in [0.2, 0.25) is 0 Å². The molecule has 0 N–H and O–H groups in total. The van der Waals surface area contributed by atoms with Gasteiger partial charge in [0, 0.05) is 11.4 Å². The first kappa shape index (κ1) is 20.2. The maximum atomic E-state index is 13.5. The molecule has 0 radical (unpaired) electrons. The van der Waals surface area contributed by atoms with Gasteiger partial charge in [-0.3, -0.25) is 19.1 Å². The van der Waals surface area contributed by atoms with Crippen molar-refractivity contribution in [2.45, 2.75) is 26.8 Å². The number of hydrogen-bond donors (Lipinski definition) is 0. The Labute approximate surface area is 193 Å². The number of carbonyl (C=O) groups excluding carboxylic acids is 2. The van der Waals surface area contributed by atoms with Gasteiger partial charge in [0.15, 0.2) is 17.1 Å². The zero-order valence-corrected chi connectivity index (χ0v) is 18.7. The quantitative estimate of drug-likeness (QED) is 0.382. The SMILES string of the molecule is Cc1c(C)n(-c2ccc(F)cc2)c2ncn3nc([C@@H](C)N4C(=O)c5ccccc5C4=O)nc3c12. The Bertz CT molecular complexity index is 1620. The number of carbonyl (C=O) groups is 2. The van der Waals surface area contributed by atoms with Gasteiger partial charge in [-0.05, 0) is 62.7 Å². The predicted molar refractivity (Wildman–Crippen MR) is 122 cm³/mol.